The molecular formula is C22H19N3O3. The Morgan fingerprint density at radius 2 is 1.93 bits per heavy atom. The summed E-state index contributed by atoms with van der Waals surface area (Å²) in [6.07, 6.45) is 4.86. The van der Waals surface area contributed by atoms with E-state index in [4.69, 9.17) is 15.7 Å². The van der Waals surface area contributed by atoms with Crippen LogP contribution in [0.3, 0.4) is 0 Å². The van der Waals surface area contributed by atoms with E-state index < -0.39 is 18.0 Å². The standard InChI is InChI=1S/C22H19N3O3/c1-25-14-17(18-4-2-3-5-20(18)25)12-19(24)22(27)28-21(26)11-10-15-6-8-16(13-23)9-7-15/h2-11,14,19H,12,24H2,1H3/t19-/m0/s1. The second kappa shape index (κ2) is 8.33. The molecule has 0 aliphatic carbocycles. The minimum absolute atomic E-state index is 0.271. The molecule has 6 heteroatoms. The molecule has 0 spiro atoms. The lowest BCUT2D eigenvalue weighted by atomic mass is 10.1. The van der Waals surface area contributed by atoms with Crippen molar-refractivity contribution in [3.05, 3.63) is 77.5 Å². The summed E-state index contributed by atoms with van der Waals surface area (Å²) >= 11 is 0. The monoisotopic (exact) mass is 373 g/mol. The van der Waals surface area contributed by atoms with Crippen LogP contribution in [0.1, 0.15) is 16.7 Å². The molecule has 0 aliphatic rings. The van der Waals surface area contributed by atoms with Gasteiger partial charge in [-0.25, -0.2) is 9.59 Å². The molecule has 2 N–H and O–H groups in total. The van der Waals surface area contributed by atoms with E-state index in [1.807, 2.05) is 48.1 Å². The van der Waals surface area contributed by atoms with Gasteiger partial charge in [0.05, 0.1) is 11.6 Å². The molecule has 1 heterocycles. The molecule has 0 amide bonds. The third-order valence-corrected chi connectivity index (χ3v) is 4.37. The predicted octanol–water partition coefficient (Wildman–Crippen LogP) is 2.70. The molecule has 140 valence electrons. The maximum absolute atomic E-state index is 12.2. The second-order valence-electron chi connectivity index (χ2n) is 6.40. The first kappa shape index (κ1) is 19.1. The average Bonchev–Trinajstić information content (AvgIpc) is 3.02. The van der Waals surface area contributed by atoms with E-state index >= 15 is 0 Å². The minimum atomic E-state index is -0.946. The SMILES string of the molecule is Cn1cc(C[C@H](N)C(=O)OC(=O)C=Cc2ccc(C#N)cc2)c2ccccc21. The largest absolute Gasteiger partial charge is 0.389 e. The molecule has 1 atom stereocenters. The van der Waals surface area contributed by atoms with Gasteiger partial charge in [0.1, 0.15) is 6.04 Å². The smallest absolute Gasteiger partial charge is 0.338 e. The first-order valence-corrected chi connectivity index (χ1v) is 8.70. The number of rotatable bonds is 5. The lowest BCUT2D eigenvalue weighted by Gasteiger charge is -2.09. The van der Waals surface area contributed by atoms with E-state index in [1.165, 1.54) is 6.08 Å². The van der Waals surface area contributed by atoms with Gasteiger partial charge < -0.3 is 15.0 Å². The zero-order valence-corrected chi connectivity index (χ0v) is 15.3. The van der Waals surface area contributed by atoms with Gasteiger partial charge in [-0.2, -0.15) is 5.26 Å². The van der Waals surface area contributed by atoms with E-state index in [9.17, 15) is 9.59 Å². The Balaban J connectivity index is 1.60. The number of ether oxygens (including phenoxy) is 1. The van der Waals surface area contributed by atoms with Crippen LogP contribution in [0.15, 0.2) is 60.8 Å². The van der Waals surface area contributed by atoms with Crippen LogP contribution >= 0.6 is 0 Å². The fraction of sp³-hybridized carbons (Fsp3) is 0.136. The van der Waals surface area contributed by atoms with E-state index in [0.29, 0.717) is 11.1 Å². The number of aryl methyl sites for hydroxylation is 1. The number of nitrogens with two attached hydrogens (primary N) is 1. The molecule has 28 heavy (non-hydrogen) atoms. The number of hydrogen-bond donors (Lipinski definition) is 1. The van der Waals surface area contributed by atoms with E-state index in [-0.39, 0.29) is 6.42 Å². The highest BCUT2D eigenvalue weighted by atomic mass is 16.6. The maximum Gasteiger partial charge on any atom is 0.338 e. The van der Waals surface area contributed by atoms with Crippen molar-refractivity contribution in [2.75, 3.05) is 0 Å². The van der Waals surface area contributed by atoms with E-state index in [2.05, 4.69) is 0 Å². The Kier molecular flexibility index (Phi) is 5.68. The fourth-order valence-corrected chi connectivity index (χ4v) is 2.95. The normalized spacial score (nSPS) is 12.0. The minimum Gasteiger partial charge on any atom is -0.389 e. The van der Waals surface area contributed by atoms with Crippen molar-refractivity contribution in [2.24, 2.45) is 12.8 Å². The summed E-state index contributed by atoms with van der Waals surface area (Å²) < 4.78 is 6.79. The van der Waals surface area contributed by atoms with Crippen molar-refractivity contribution in [1.82, 2.24) is 4.57 Å². The number of fused-ring (bicyclic) bond motifs is 1. The molecule has 0 unspecified atom stereocenters. The summed E-state index contributed by atoms with van der Waals surface area (Å²) in [7, 11) is 1.92. The van der Waals surface area contributed by atoms with Crippen molar-refractivity contribution in [1.29, 1.82) is 5.26 Å². The van der Waals surface area contributed by atoms with Gasteiger partial charge in [-0.1, -0.05) is 30.3 Å². The van der Waals surface area contributed by atoms with Crippen molar-refractivity contribution in [3.8, 4) is 6.07 Å². The molecule has 3 aromatic rings. The zero-order chi connectivity index (χ0) is 20.1. The van der Waals surface area contributed by atoms with E-state index in [1.54, 1.807) is 24.3 Å². The predicted molar refractivity (Wildman–Crippen MR) is 106 cm³/mol. The number of nitrogens with zero attached hydrogens (tertiary/aromatic N) is 2. The quantitative estimate of drug-likeness (QED) is 0.421. The highest BCUT2D eigenvalue weighted by Crippen LogP contribution is 2.21. The van der Waals surface area contributed by atoms with Crippen LogP contribution in [0, 0.1) is 11.3 Å². The molecule has 2 aromatic carbocycles. The van der Waals surface area contributed by atoms with Gasteiger partial charge in [0.15, 0.2) is 0 Å². The lowest BCUT2D eigenvalue weighted by molar-refractivity contribution is -0.157. The third-order valence-electron chi connectivity index (χ3n) is 4.37. The van der Waals surface area contributed by atoms with Crippen molar-refractivity contribution in [3.63, 3.8) is 0 Å². The Morgan fingerprint density at radius 1 is 1.21 bits per heavy atom. The van der Waals surface area contributed by atoms with Gasteiger partial charge >= 0.3 is 11.9 Å². The summed E-state index contributed by atoms with van der Waals surface area (Å²) in [5, 5.41) is 9.78. The molecular weight excluding hydrogens is 354 g/mol. The van der Waals surface area contributed by atoms with Crippen LogP contribution < -0.4 is 5.73 Å². The number of esters is 2. The molecule has 0 aliphatic heterocycles. The fourth-order valence-electron chi connectivity index (χ4n) is 2.95. The van der Waals surface area contributed by atoms with Crippen LogP contribution in [0.25, 0.3) is 17.0 Å². The first-order valence-electron chi connectivity index (χ1n) is 8.70. The molecule has 6 nitrogen and oxygen atoms in total. The van der Waals surface area contributed by atoms with Crippen molar-refractivity contribution >= 4 is 28.9 Å². The van der Waals surface area contributed by atoms with Gasteiger partial charge in [0.25, 0.3) is 0 Å². The molecule has 0 bridgehead atoms. The van der Waals surface area contributed by atoms with Crippen LogP contribution in [0.2, 0.25) is 0 Å². The zero-order valence-electron chi connectivity index (χ0n) is 15.3. The molecule has 0 saturated carbocycles. The number of carbonyl (C=O) groups is 2. The number of para-hydroxylation sites is 1. The summed E-state index contributed by atoms with van der Waals surface area (Å²) in [5.74, 6) is -1.56. The van der Waals surface area contributed by atoms with Crippen molar-refractivity contribution in [2.45, 2.75) is 12.5 Å². The Hall–Kier alpha value is -3.69. The molecule has 3 rings (SSSR count). The number of carbonyl (C=O) groups excluding carboxylic acids is 2. The third kappa shape index (κ3) is 4.34. The molecule has 0 saturated heterocycles. The lowest BCUT2D eigenvalue weighted by Crippen LogP contribution is -2.35. The number of hydrogen-bond acceptors (Lipinski definition) is 5. The average molecular weight is 373 g/mol. The van der Waals surface area contributed by atoms with Gasteiger partial charge in [0, 0.05) is 36.6 Å². The first-order chi connectivity index (χ1) is 13.5. The van der Waals surface area contributed by atoms with Gasteiger partial charge in [-0.3, -0.25) is 0 Å². The summed E-state index contributed by atoms with van der Waals surface area (Å²) in [5.41, 5.74) is 9.14. The van der Waals surface area contributed by atoms with Crippen molar-refractivity contribution < 1.29 is 14.3 Å². The molecule has 0 radical (unpaired) electrons. The van der Waals surface area contributed by atoms with Gasteiger partial charge in [0.2, 0.25) is 0 Å². The highest BCUT2D eigenvalue weighted by molar-refractivity contribution is 5.96. The number of benzene rings is 2. The summed E-state index contributed by atoms with van der Waals surface area (Å²) in [6, 6.07) is 15.5. The Labute approximate surface area is 162 Å². The summed E-state index contributed by atoms with van der Waals surface area (Å²) in [6.45, 7) is 0. The van der Waals surface area contributed by atoms with Crippen LogP contribution in [-0.2, 0) is 27.8 Å². The highest BCUT2D eigenvalue weighted by Gasteiger charge is 2.20. The Morgan fingerprint density at radius 3 is 2.64 bits per heavy atom. The van der Waals surface area contributed by atoms with Crippen LogP contribution in [-0.4, -0.2) is 22.5 Å². The molecule has 1 aromatic heterocycles. The number of nitriles is 1. The summed E-state index contributed by atoms with van der Waals surface area (Å²) in [4.78, 5) is 24.0. The van der Waals surface area contributed by atoms with Crippen LogP contribution in [0.5, 0.6) is 0 Å². The number of aromatic nitrogens is 1. The van der Waals surface area contributed by atoms with Gasteiger partial charge in [-0.15, -0.1) is 0 Å². The molecule has 0 fully saturated rings. The van der Waals surface area contributed by atoms with E-state index in [0.717, 1.165) is 22.5 Å². The van der Waals surface area contributed by atoms with Crippen LogP contribution in [0.4, 0.5) is 0 Å². The Bertz CT molecular complexity index is 1090. The maximum atomic E-state index is 12.2. The topological polar surface area (TPSA) is 98.1 Å². The second-order valence-corrected chi connectivity index (χ2v) is 6.40. The van der Waals surface area contributed by atoms with Gasteiger partial charge in [-0.05, 0) is 35.4 Å².